The Morgan fingerprint density at radius 2 is 2.15 bits per heavy atom. The molecular formula is C20H22ClNO3S. The lowest BCUT2D eigenvalue weighted by Crippen LogP contribution is -2.51. The van der Waals surface area contributed by atoms with Crippen molar-refractivity contribution in [2.45, 2.75) is 26.2 Å². The molecular weight excluding hydrogens is 370 g/mol. The van der Waals surface area contributed by atoms with E-state index in [1.54, 1.807) is 4.90 Å². The first-order valence-electron chi connectivity index (χ1n) is 8.78. The standard InChI is InChI=1S/C20H22ClNO3S/c1-2-25-19(24)20(13-15-6-3-7-16(21)12-15)9-5-10-22(14-20)18(23)17-8-4-11-26-17/h3-4,6-8,11-12H,2,5,9-10,13-14H2,1H3/t20-/m0/s1. The number of piperidine rings is 1. The van der Waals surface area contributed by atoms with Gasteiger partial charge in [0, 0.05) is 18.1 Å². The number of thiophene rings is 1. The zero-order chi connectivity index (χ0) is 18.6. The number of halogens is 1. The van der Waals surface area contributed by atoms with Gasteiger partial charge in [0.2, 0.25) is 0 Å². The third-order valence-electron chi connectivity index (χ3n) is 4.74. The van der Waals surface area contributed by atoms with Gasteiger partial charge in [-0.3, -0.25) is 9.59 Å². The summed E-state index contributed by atoms with van der Waals surface area (Å²) in [6.45, 7) is 3.17. The molecule has 0 radical (unpaired) electrons. The summed E-state index contributed by atoms with van der Waals surface area (Å²) in [4.78, 5) is 28.2. The zero-order valence-corrected chi connectivity index (χ0v) is 16.3. The molecule has 0 spiro atoms. The summed E-state index contributed by atoms with van der Waals surface area (Å²) in [7, 11) is 0. The van der Waals surface area contributed by atoms with Gasteiger partial charge in [0.15, 0.2) is 0 Å². The summed E-state index contributed by atoms with van der Waals surface area (Å²) in [5.41, 5.74) is 0.252. The maximum Gasteiger partial charge on any atom is 0.314 e. The molecule has 3 rings (SSSR count). The van der Waals surface area contributed by atoms with Crippen LogP contribution in [0.5, 0.6) is 0 Å². The first kappa shape index (κ1) is 18.9. The van der Waals surface area contributed by atoms with E-state index in [-0.39, 0.29) is 11.9 Å². The number of nitrogens with zero attached hydrogens (tertiary/aromatic N) is 1. The smallest absolute Gasteiger partial charge is 0.314 e. The predicted molar refractivity (Wildman–Crippen MR) is 104 cm³/mol. The van der Waals surface area contributed by atoms with Crippen LogP contribution >= 0.6 is 22.9 Å². The summed E-state index contributed by atoms with van der Waals surface area (Å²) < 4.78 is 5.40. The molecule has 2 heterocycles. The first-order chi connectivity index (χ1) is 12.5. The van der Waals surface area contributed by atoms with Gasteiger partial charge in [-0.05, 0) is 55.3 Å². The monoisotopic (exact) mass is 391 g/mol. The molecule has 1 aromatic carbocycles. The topological polar surface area (TPSA) is 46.6 Å². The Hall–Kier alpha value is -1.85. The summed E-state index contributed by atoms with van der Waals surface area (Å²) in [6.07, 6.45) is 1.99. The van der Waals surface area contributed by atoms with Crippen molar-refractivity contribution in [3.05, 3.63) is 57.2 Å². The maximum absolute atomic E-state index is 12.9. The Morgan fingerprint density at radius 1 is 1.31 bits per heavy atom. The van der Waals surface area contributed by atoms with Gasteiger partial charge in [0.05, 0.1) is 16.9 Å². The molecule has 0 N–H and O–H groups in total. The summed E-state index contributed by atoms with van der Waals surface area (Å²) >= 11 is 7.54. The van der Waals surface area contributed by atoms with Crippen molar-refractivity contribution in [2.24, 2.45) is 5.41 Å². The molecule has 26 heavy (non-hydrogen) atoms. The molecule has 1 atom stereocenters. The van der Waals surface area contributed by atoms with Gasteiger partial charge in [-0.1, -0.05) is 29.8 Å². The van der Waals surface area contributed by atoms with Crippen LogP contribution in [-0.4, -0.2) is 36.5 Å². The molecule has 1 saturated heterocycles. The number of ether oxygens (including phenoxy) is 1. The largest absolute Gasteiger partial charge is 0.466 e. The minimum Gasteiger partial charge on any atom is -0.466 e. The van der Waals surface area contributed by atoms with Gasteiger partial charge >= 0.3 is 5.97 Å². The van der Waals surface area contributed by atoms with Crippen LogP contribution in [0.2, 0.25) is 5.02 Å². The number of carbonyl (C=O) groups excluding carboxylic acids is 2. The summed E-state index contributed by atoms with van der Waals surface area (Å²) in [6, 6.07) is 11.2. The number of esters is 1. The highest BCUT2D eigenvalue weighted by atomic mass is 35.5. The molecule has 1 aliphatic rings. The Kier molecular flexibility index (Phi) is 5.99. The van der Waals surface area contributed by atoms with Crippen LogP contribution in [0.4, 0.5) is 0 Å². The van der Waals surface area contributed by atoms with Crippen molar-refractivity contribution in [3.8, 4) is 0 Å². The third-order valence-corrected chi connectivity index (χ3v) is 5.83. The van der Waals surface area contributed by atoms with Gasteiger partial charge < -0.3 is 9.64 Å². The molecule has 1 aromatic heterocycles. The van der Waals surface area contributed by atoms with Crippen molar-refractivity contribution in [1.29, 1.82) is 0 Å². The summed E-state index contributed by atoms with van der Waals surface area (Å²) in [5, 5.41) is 2.53. The van der Waals surface area contributed by atoms with Gasteiger partial charge in [-0.2, -0.15) is 0 Å². The molecule has 1 fully saturated rings. The Balaban J connectivity index is 1.87. The normalized spacial score (nSPS) is 20.0. The predicted octanol–water partition coefficient (Wildman–Crippen LogP) is 4.43. The van der Waals surface area contributed by atoms with Crippen molar-refractivity contribution < 1.29 is 14.3 Å². The van der Waals surface area contributed by atoms with E-state index < -0.39 is 5.41 Å². The van der Waals surface area contributed by atoms with Crippen LogP contribution in [0.3, 0.4) is 0 Å². The van der Waals surface area contributed by atoms with Crippen LogP contribution in [0, 0.1) is 5.41 Å². The van der Waals surface area contributed by atoms with E-state index in [0.29, 0.717) is 42.4 Å². The van der Waals surface area contributed by atoms with Gasteiger partial charge in [-0.15, -0.1) is 11.3 Å². The highest BCUT2D eigenvalue weighted by molar-refractivity contribution is 7.12. The van der Waals surface area contributed by atoms with E-state index in [0.717, 1.165) is 12.0 Å². The zero-order valence-electron chi connectivity index (χ0n) is 14.7. The highest BCUT2D eigenvalue weighted by Gasteiger charge is 2.45. The van der Waals surface area contributed by atoms with Crippen molar-refractivity contribution in [1.82, 2.24) is 4.90 Å². The van der Waals surface area contributed by atoms with Crippen molar-refractivity contribution in [2.75, 3.05) is 19.7 Å². The molecule has 0 unspecified atom stereocenters. The van der Waals surface area contributed by atoms with Gasteiger partial charge in [0.1, 0.15) is 0 Å². The van der Waals surface area contributed by atoms with E-state index in [9.17, 15) is 9.59 Å². The SMILES string of the molecule is CCOC(=O)[C@]1(Cc2cccc(Cl)c2)CCCN(C(=O)c2cccs2)C1. The molecule has 2 aromatic rings. The van der Waals surface area contributed by atoms with Crippen LogP contribution in [0.25, 0.3) is 0 Å². The fraction of sp³-hybridized carbons (Fsp3) is 0.400. The fourth-order valence-corrected chi connectivity index (χ4v) is 4.47. The van der Waals surface area contributed by atoms with E-state index in [1.807, 2.05) is 48.7 Å². The molecule has 6 heteroatoms. The Labute approximate surface area is 162 Å². The number of hydrogen-bond donors (Lipinski definition) is 0. The second-order valence-corrected chi connectivity index (χ2v) is 8.00. The van der Waals surface area contributed by atoms with Crippen LogP contribution in [-0.2, 0) is 16.0 Å². The average molecular weight is 392 g/mol. The number of carbonyl (C=O) groups is 2. The molecule has 1 amide bonds. The molecule has 0 bridgehead atoms. The molecule has 1 aliphatic heterocycles. The van der Waals surface area contributed by atoms with Crippen LogP contribution in [0.1, 0.15) is 35.0 Å². The van der Waals surface area contributed by atoms with E-state index in [2.05, 4.69) is 0 Å². The van der Waals surface area contributed by atoms with Crippen molar-refractivity contribution in [3.63, 3.8) is 0 Å². The first-order valence-corrected chi connectivity index (χ1v) is 10.0. The number of amides is 1. The van der Waals surface area contributed by atoms with Crippen LogP contribution in [0.15, 0.2) is 41.8 Å². The Bertz CT molecular complexity index is 777. The lowest BCUT2D eigenvalue weighted by molar-refractivity contribution is -0.158. The molecule has 4 nitrogen and oxygen atoms in total. The summed E-state index contributed by atoms with van der Waals surface area (Å²) in [5.74, 6) is -0.247. The quantitative estimate of drug-likeness (QED) is 0.708. The van der Waals surface area contributed by atoms with Crippen LogP contribution < -0.4 is 0 Å². The minimum atomic E-state index is -0.730. The number of hydrogen-bond acceptors (Lipinski definition) is 4. The lowest BCUT2D eigenvalue weighted by atomic mass is 9.75. The maximum atomic E-state index is 12.9. The number of likely N-dealkylation sites (tertiary alicyclic amines) is 1. The molecule has 0 saturated carbocycles. The second kappa shape index (κ2) is 8.23. The van der Waals surface area contributed by atoms with Crippen molar-refractivity contribution >= 4 is 34.8 Å². The van der Waals surface area contributed by atoms with E-state index in [1.165, 1.54) is 11.3 Å². The Morgan fingerprint density at radius 3 is 2.85 bits per heavy atom. The third kappa shape index (κ3) is 4.10. The lowest BCUT2D eigenvalue weighted by Gasteiger charge is -2.41. The molecule has 138 valence electrons. The number of benzene rings is 1. The van der Waals surface area contributed by atoms with Gasteiger partial charge in [-0.25, -0.2) is 0 Å². The average Bonchev–Trinajstić information content (AvgIpc) is 3.16. The fourth-order valence-electron chi connectivity index (χ4n) is 3.57. The van der Waals surface area contributed by atoms with Gasteiger partial charge in [0.25, 0.3) is 5.91 Å². The van der Waals surface area contributed by atoms with E-state index in [4.69, 9.17) is 16.3 Å². The van der Waals surface area contributed by atoms with E-state index >= 15 is 0 Å². The second-order valence-electron chi connectivity index (χ2n) is 6.62. The highest BCUT2D eigenvalue weighted by Crippen LogP contribution is 2.36. The molecule has 0 aliphatic carbocycles. The minimum absolute atomic E-state index is 0.0144. The number of rotatable bonds is 5.